The number of alkyl halides is 2. The number of ether oxygens (including phenoxy) is 1. The number of fused-ring (bicyclic) bond motifs is 1. The molecule has 0 saturated carbocycles. The zero-order valence-electron chi connectivity index (χ0n) is 7.32. The van der Waals surface area contributed by atoms with Crippen LogP contribution < -0.4 is 4.74 Å². The summed E-state index contributed by atoms with van der Waals surface area (Å²) in [6.07, 6.45) is 1.13. The van der Waals surface area contributed by atoms with Crippen LogP contribution >= 0.6 is 11.6 Å². The van der Waals surface area contributed by atoms with Gasteiger partial charge in [0.15, 0.2) is 0 Å². The molecule has 6 heteroatoms. The fraction of sp³-hybridized carbons (Fsp3) is 0.111. The predicted molar refractivity (Wildman–Crippen MR) is 51.2 cm³/mol. The molecule has 0 aliphatic carbocycles. The molecule has 0 spiro atoms. The fourth-order valence-electron chi connectivity index (χ4n) is 1.11. The maximum absolute atomic E-state index is 11.9. The first-order chi connectivity index (χ1) is 7.15. The molecule has 2 rings (SSSR count). The van der Waals surface area contributed by atoms with Crippen molar-refractivity contribution in [3.8, 4) is 5.88 Å². The second-order valence-corrected chi connectivity index (χ2v) is 3.16. The lowest BCUT2D eigenvalue weighted by Gasteiger charge is -2.03. The lowest BCUT2D eigenvalue weighted by atomic mass is 10.3. The molecule has 0 aliphatic heterocycles. The molecular weight excluding hydrogens is 226 g/mol. The summed E-state index contributed by atoms with van der Waals surface area (Å²) < 4.78 is 27.9. The van der Waals surface area contributed by atoms with Gasteiger partial charge in [0.05, 0.1) is 17.2 Å². The molecule has 0 bridgehead atoms. The topological polar surface area (TPSA) is 35.0 Å². The molecule has 1 aromatic carbocycles. The zero-order valence-corrected chi connectivity index (χ0v) is 8.08. The van der Waals surface area contributed by atoms with E-state index in [2.05, 4.69) is 14.7 Å². The van der Waals surface area contributed by atoms with Crippen molar-refractivity contribution >= 4 is 22.6 Å². The van der Waals surface area contributed by atoms with Crippen molar-refractivity contribution in [1.29, 1.82) is 0 Å². The molecule has 0 radical (unpaired) electrons. The molecule has 0 fully saturated rings. The second-order valence-electron chi connectivity index (χ2n) is 2.72. The summed E-state index contributed by atoms with van der Waals surface area (Å²) in [6.45, 7) is -2.90. The Morgan fingerprint density at radius 3 is 2.80 bits per heavy atom. The first-order valence-corrected chi connectivity index (χ1v) is 4.40. The van der Waals surface area contributed by atoms with Gasteiger partial charge in [-0.1, -0.05) is 11.6 Å². The minimum Gasteiger partial charge on any atom is -0.415 e. The molecule has 15 heavy (non-hydrogen) atoms. The van der Waals surface area contributed by atoms with Gasteiger partial charge in [-0.2, -0.15) is 8.78 Å². The Kier molecular flexibility index (Phi) is 2.64. The van der Waals surface area contributed by atoms with E-state index < -0.39 is 6.61 Å². The van der Waals surface area contributed by atoms with E-state index in [1.54, 1.807) is 18.2 Å². The Morgan fingerprint density at radius 1 is 1.27 bits per heavy atom. The summed E-state index contributed by atoms with van der Waals surface area (Å²) in [5.74, 6) is -0.208. The number of hydrogen-bond donors (Lipinski definition) is 0. The van der Waals surface area contributed by atoms with Gasteiger partial charge in [0.2, 0.25) is 5.88 Å². The first-order valence-electron chi connectivity index (χ1n) is 4.02. The average Bonchev–Trinajstić information content (AvgIpc) is 2.17. The van der Waals surface area contributed by atoms with E-state index in [4.69, 9.17) is 11.6 Å². The van der Waals surface area contributed by atoms with Crippen LogP contribution in [0, 0.1) is 0 Å². The summed E-state index contributed by atoms with van der Waals surface area (Å²) in [7, 11) is 0. The van der Waals surface area contributed by atoms with Crippen LogP contribution in [0.1, 0.15) is 0 Å². The van der Waals surface area contributed by atoms with Crippen LogP contribution in [0.3, 0.4) is 0 Å². The lowest BCUT2D eigenvalue weighted by Crippen LogP contribution is -2.03. The minimum absolute atomic E-state index is 0.208. The van der Waals surface area contributed by atoms with Crippen molar-refractivity contribution in [3.05, 3.63) is 29.4 Å². The Bertz CT molecular complexity index is 492. The normalized spacial score (nSPS) is 10.9. The highest BCUT2D eigenvalue weighted by Gasteiger charge is 2.07. The van der Waals surface area contributed by atoms with Crippen molar-refractivity contribution in [1.82, 2.24) is 9.97 Å². The third-order valence-electron chi connectivity index (χ3n) is 1.69. The van der Waals surface area contributed by atoms with Crippen LogP contribution in [-0.2, 0) is 0 Å². The van der Waals surface area contributed by atoms with Gasteiger partial charge in [-0.15, -0.1) is 0 Å². The molecule has 0 N–H and O–H groups in total. The minimum atomic E-state index is -2.90. The summed E-state index contributed by atoms with van der Waals surface area (Å²) in [6, 6.07) is 4.78. The number of benzene rings is 1. The van der Waals surface area contributed by atoms with E-state index in [0.717, 1.165) is 6.20 Å². The molecule has 0 aliphatic rings. The largest absolute Gasteiger partial charge is 0.415 e. The number of rotatable bonds is 2. The van der Waals surface area contributed by atoms with Crippen molar-refractivity contribution < 1.29 is 13.5 Å². The van der Waals surface area contributed by atoms with Crippen LogP contribution in [0.4, 0.5) is 8.78 Å². The second kappa shape index (κ2) is 3.94. The molecule has 0 atom stereocenters. The highest BCUT2D eigenvalue weighted by Crippen LogP contribution is 2.18. The van der Waals surface area contributed by atoms with Crippen molar-refractivity contribution in [2.24, 2.45) is 0 Å². The monoisotopic (exact) mass is 230 g/mol. The number of halogens is 3. The van der Waals surface area contributed by atoms with E-state index in [-0.39, 0.29) is 5.88 Å². The van der Waals surface area contributed by atoms with Gasteiger partial charge < -0.3 is 4.74 Å². The van der Waals surface area contributed by atoms with Crippen LogP contribution in [-0.4, -0.2) is 16.6 Å². The fourth-order valence-corrected chi connectivity index (χ4v) is 1.28. The summed E-state index contributed by atoms with van der Waals surface area (Å²) in [5.41, 5.74) is 0.988. The van der Waals surface area contributed by atoms with E-state index in [0.29, 0.717) is 16.1 Å². The molecule has 0 saturated heterocycles. The Morgan fingerprint density at radius 2 is 2.07 bits per heavy atom. The summed E-state index contributed by atoms with van der Waals surface area (Å²) in [4.78, 5) is 7.72. The van der Waals surface area contributed by atoms with E-state index >= 15 is 0 Å². The van der Waals surface area contributed by atoms with Crippen molar-refractivity contribution in [2.75, 3.05) is 0 Å². The van der Waals surface area contributed by atoms with Gasteiger partial charge in [-0.3, -0.25) is 0 Å². The Hall–Kier alpha value is -1.49. The maximum Gasteiger partial charge on any atom is 0.388 e. The van der Waals surface area contributed by atoms with Gasteiger partial charge in [0, 0.05) is 5.02 Å². The third kappa shape index (κ3) is 2.30. The van der Waals surface area contributed by atoms with Gasteiger partial charge in [-0.25, -0.2) is 9.97 Å². The highest BCUT2D eigenvalue weighted by molar-refractivity contribution is 6.31. The standard InChI is InChI=1S/C9H5ClF2N2O/c10-5-1-2-6-7(3-5)13-4-8(14-6)15-9(11)12/h1-4,9H. The van der Waals surface area contributed by atoms with Crippen molar-refractivity contribution in [3.63, 3.8) is 0 Å². The first kappa shape index (κ1) is 10.0. The van der Waals surface area contributed by atoms with Crippen LogP contribution in [0.2, 0.25) is 5.02 Å². The molecule has 1 aromatic heterocycles. The molecule has 3 nitrogen and oxygen atoms in total. The van der Waals surface area contributed by atoms with E-state index in [1.165, 1.54) is 0 Å². The predicted octanol–water partition coefficient (Wildman–Crippen LogP) is 2.88. The molecular formula is C9H5ClF2N2O. The lowest BCUT2D eigenvalue weighted by molar-refractivity contribution is -0.0528. The number of aromatic nitrogens is 2. The molecule has 2 aromatic rings. The molecule has 0 amide bonds. The van der Waals surface area contributed by atoms with E-state index in [9.17, 15) is 8.78 Å². The average molecular weight is 231 g/mol. The van der Waals surface area contributed by atoms with Gasteiger partial charge >= 0.3 is 6.61 Å². The molecule has 78 valence electrons. The Balaban J connectivity index is 2.43. The summed E-state index contributed by atoms with van der Waals surface area (Å²) in [5, 5.41) is 0.513. The molecule has 1 heterocycles. The van der Waals surface area contributed by atoms with Crippen LogP contribution in [0.25, 0.3) is 11.0 Å². The van der Waals surface area contributed by atoms with Crippen molar-refractivity contribution in [2.45, 2.75) is 6.61 Å². The van der Waals surface area contributed by atoms with Crippen LogP contribution in [0.5, 0.6) is 5.88 Å². The summed E-state index contributed by atoms with van der Waals surface area (Å²) >= 11 is 5.72. The van der Waals surface area contributed by atoms with Gasteiger partial charge in [-0.05, 0) is 18.2 Å². The van der Waals surface area contributed by atoms with Gasteiger partial charge in [0.1, 0.15) is 0 Å². The SMILES string of the molecule is FC(F)Oc1cnc2cc(Cl)ccc2n1. The smallest absolute Gasteiger partial charge is 0.388 e. The zero-order chi connectivity index (χ0) is 10.8. The highest BCUT2D eigenvalue weighted by atomic mass is 35.5. The van der Waals surface area contributed by atoms with Crippen LogP contribution in [0.15, 0.2) is 24.4 Å². The number of hydrogen-bond acceptors (Lipinski definition) is 3. The van der Waals surface area contributed by atoms with Gasteiger partial charge in [0.25, 0.3) is 0 Å². The quantitative estimate of drug-likeness (QED) is 0.796. The number of nitrogens with zero attached hydrogens (tertiary/aromatic N) is 2. The third-order valence-corrected chi connectivity index (χ3v) is 1.93. The Labute approximate surface area is 88.7 Å². The molecule has 0 unspecified atom stereocenters. The van der Waals surface area contributed by atoms with E-state index in [1.807, 2.05) is 0 Å². The maximum atomic E-state index is 11.9.